The first-order valence-electron chi connectivity index (χ1n) is 10.8. The Morgan fingerprint density at radius 3 is 2.66 bits per heavy atom. The van der Waals surface area contributed by atoms with Crippen LogP contribution in [0.15, 0.2) is 63.9 Å². The van der Waals surface area contributed by atoms with Gasteiger partial charge in [0.25, 0.3) is 11.5 Å². The van der Waals surface area contributed by atoms with Gasteiger partial charge >= 0.3 is 5.97 Å². The van der Waals surface area contributed by atoms with Crippen molar-refractivity contribution in [2.75, 3.05) is 19.0 Å². The summed E-state index contributed by atoms with van der Waals surface area (Å²) in [7, 11) is 1.45. The fourth-order valence-corrected chi connectivity index (χ4v) is 3.43. The van der Waals surface area contributed by atoms with E-state index in [-0.39, 0.29) is 23.6 Å². The monoisotopic (exact) mass is 477 g/mol. The molecule has 10 nitrogen and oxygen atoms in total. The predicted molar refractivity (Wildman–Crippen MR) is 126 cm³/mol. The van der Waals surface area contributed by atoms with Gasteiger partial charge in [-0.05, 0) is 44.2 Å². The van der Waals surface area contributed by atoms with Gasteiger partial charge in [-0.1, -0.05) is 12.1 Å². The molecule has 0 radical (unpaired) electrons. The first-order chi connectivity index (χ1) is 16.9. The Kier molecular flexibility index (Phi) is 6.81. The zero-order chi connectivity index (χ0) is 24.9. The zero-order valence-corrected chi connectivity index (χ0v) is 19.4. The van der Waals surface area contributed by atoms with Crippen molar-refractivity contribution in [3.8, 4) is 11.5 Å². The predicted octanol–water partition coefficient (Wildman–Crippen LogP) is 3.61. The Morgan fingerprint density at radius 1 is 1.09 bits per heavy atom. The van der Waals surface area contributed by atoms with Crippen molar-refractivity contribution in [1.29, 1.82) is 0 Å². The minimum absolute atomic E-state index is 0.177. The number of rotatable bonds is 8. The molecule has 0 saturated carbocycles. The molecule has 180 valence electrons. The zero-order valence-electron chi connectivity index (χ0n) is 19.4. The second-order valence-electron chi connectivity index (χ2n) is 7.46. The fraction of sp³-hybridized carbons (Fsp3) is 0.200. The molecule has 0 unspecified atom stereocenters. The van der Waals surface area contributed by atoms with Crippen LogP contribution in [0, 0.1) is 6.92 Å². The third-order valence-corrected chi connectivity index (χ3v) is 4.99. The van der Waals surface area contributed by atoms with E-state index in [1.165, 1.54) is 25.3 Å². The van der Waals surface area contributed by atoms with E-state index in [1.54, 1.807) is 43.3 Å². The number of hydrogen-bond donors (Lipinski definition) is 1. The highest BCUT2D eigenvalue weighted by Gasteiger charge is 2.17. The maximum atomic E-state index is 12.9. The molecule has 0 aliphatic rings. The summed E-state index contributed by atoms with van der Waals surface area (Å²) in [5.74, 6) is 0.240. The molecule has 0 aliphatic heterocycles. The Morgan fingerprint density at radius 2 is 1.89 bits per heavy atom. The molecule has 35 heavy (non-hydrogen) atoms. The molecule has 0 fully saturated rings. The van der Waals surface area contributed by atoms with Crippen molar-refractivity contribution >= 4 is 23.2 Å². The molecule has 4 aromatic rings. The summed E-state index contributed by atoms with van der Waals surface area (Å²) in [6.07, 6.45) is 0. The summed E-state index contributed by atoms with van der Waals surface area (Å²) in [5.41, 5.74) is 0.977. The number of nitrogens with zero attached hydrogens (tertiary/aromatic N) is 2. The first kappa shape index (κ1) is 23.6. The molecule has 4 rings (SSSR count). The van der Waals surface area contributed by atoms with Crippen LogP contribution in [0.4, 0.5) is 5.69 Å². The lowest BCUT2D eigenvalue weighted by Crippen LogP contribution is -2.16. The van der Waals surface area contributed by atoms with Gasteiger partial charge in [0, 0.05) is 12.1 Å². The van der Waals surface area contributed by atoms with Crippen LogP contribution in [-0.2, 0) is 11.3 Å². The van der Waals surface area contributed by atoms with Gasteiger partial charge in [0.05, 0.1) is 36.2 Å². The van der Waals surface area contributed by atoms with Crippen LogP contribution in [0.25, 0.3) is 5.65 Å². The lowest BCUT2D eigenvalue weighted by Gasteiger charge is -2.14. The van der Waals surface area contributed by atoms with Gasteiger partial charge in [-0.25, -0.2) is 9.78 Å². The Labute approximate surface area is 200 Å². The molecule has 2 heterocycles. The molecule has 0 saturated heterocycles. The molecule has 1 amide bonds. The van der Waals surface area contributed by atoms with Crippen molar-refractivity contribution < 1.29 is 28.3 Å². The molecule has 0 spiro atoms. The molecule has 0 atom stereocenters. The quantitative estimate of drug-likeness (QED) is 0.382. The van der Waals surface area contributed by atoms with Crippen LogP contribution in [0.3, 0.4) is 0 Å². The van der Waals surface area contributed by atoms with Crippen LogP contribution >= 0.6 is 0 Å². The third-order valence-electron chi connectivity index (χ3n) is 4.99. The number of aromatic nitrogens is 2. The summed E-state index contributed by atoms with van der Waals surface area (Å²) in [5, 5.41) is 2.76. The number of amides is 1. The van der Waals surface area contributed by atoms with E-state index >= 15 is 0 Å². The summed E-state index contributed by atoms with van der Waals surface area (Å²) in [6, 6.07) is 14.2. The van der Waals surface area contributed by atoms with E-state index in [9.17, 15) is 14.4 Å². The van der Waals surface area contributed by atoms with Gasteiger partial charge in [-0.2, -0.15) is 0 Å². The van der Waals surface area contributed by atoms with Gasteiger partial charge in [-0.15, -0.1) is 4.57 Å². The molecule has 0 bridgehead atoms. The van der Waals surface area contributed by atoms with Crippen LogP contribution in [-0.4, -0.2) is 35.2 Å². The van der Waals surface area contributed by atoms with Crippen LogP contribution in [0.2, 0.25) is 0 Å². The molecule has 0 aliphatic carbocycles. The number of carbonyl (C=O) groups is 2. The second-order valence-corrected chi connectivity index (χ2v) is 7.46. The fourth-order valence-electron chi connectivity index (χ4n) is 3.43. The molecule has 2 aromatic carbocycles. The topological polar surface area (TPSA) is 121 Å². The van der Waals surface area contributed by atoms with Crippen LogP contribution < -0.4 is 20.3 Å². The van der Waals surface area contributed by atoms with Crippen molar-refractivity contribution in [3.63, 3.8) is 0 Å². The molecular formula is C25H23N3O7. The second kappa shape index (κ2) is 10.1. The average molecular weight is 477 g/mol. The van der Waals surface area contributed by atoms with Gasteiger partial charge in [0.2, 0.25) is 0 Å². The number of carbonyl (C=O) groups excluding carboxylic acids is 2. The SMILES string of the molecule is CCOc1ccccc1C(=O)Nc1cc(C(=O)OCc2cc(=O)n3oc(C)cc3n2)ccc1OC. The maximum Gasteiger partial charge on any atom is 0.338 e. The highest BCUT2D eigenvalue weighted by Crippen LogP contribution is 2.28. The highest BCUT2D eigenvalue weighted by molar-refractivity contribution is 6.07. The highest BCUT2D eigenvalue weighted by atomic mass is 16.5. The standard InChI is InChI=1S/C25H23N3O7/c1-4-33-20-8-6-5-7-18(20)24(30)27-19-12-16(9-10-21(19)32-3)25(31)34-14-17-13-23(29)28-22(26-17)11-15(2)35-28/h5-13H,4,14H2,1-3H3,(H,27,30). The number of para-hydroxylation sites is 1. The van der Waals surface area contributed by atoms with Gasteiger partial charge in [0.1, 0.15) is 23.9 Å². The lowest BCUT2D eigenvalue weighted by atomic mass is 10.1. The minimum Gasteiger partial charge on any atom is -0.495 e. The largest absolute Gasteiger partial charge is 0.495 e. The number of aryl methyl sites for hydroxylation is 1. The molecular weight excluding hydrogens is 454 g/mol. The summed E-state index contributed by atoms with van der Waals surface area (Å²) in [4.78, 5) is 42.0. The number of nitrogens with one attached hydrogen (secondary N) is 1. The number of methoxy groups -OCH3 is 1. The molecule has 1 N–H and O–H groups in total. The van der Waals surface area contributed by atoms with Gasteiger partial charge < -0.3 is 24.1 Å². The average Bonchev–Trinajstić information content (AvgIpc) is 3.23. The van der Waals surface area contributed by atoms with E-state index in [1.807, 2.05) is 6.92 Å². The van der Waals surface area contributed by atoms with E-state index in [4.69, 9.17) is 18.7 Å². The van der Waals surface area contributed by atoms with E-state index in [0.717, 1.165) is 4.57 Å². The van der Waals surface area contributed by atoms with E-state index in [0.29, 0.717) is 35.1 Å². The number of anilines is 1. The van der Waals surface area contributed by atoms with Crippen LogP contribution in [0.1, 0.15) is 39.1 Å². The van der Waals surface area contributed by atoms with Crippen molar-refractivity contribution in [2.45, 2.75) is 20.5 Å². The van der Waals surface area contributed by atoms with Crippen molar-refractivity contribution in [1.82, 2.24) is 9.56 Å². The molecule has 10 heteroatoms. The number of ether oxygens (including phenoxy) is 3. The lowest BCUT2D eigenvalue weighted by molar-refractivity contribution is 0.0467. The van der Waals surface area contributed by atoms with E-state index < -0.39 is 17.4 Å². The summed E-state index contributed by atoms with van der Waals surface area (Å²) in [6.45, 7) is 3.71. The van der Waals surface area contributed by atoms with Crippen molar-refractivity contribution in [2.24, 2.45) is 0 Å². The summed E-state index contributed by atoms with van der Waals surface area (Å²) < 4.78 is 22.5. The number of esters is 1. The van der Waals surface area contributed by atoms with Crippen LogP contribution in [0.5, 0.6) is 11.5 Å². The Balaban J connectivity index is 1.51. The summed E-state index contributed by atoms with van der Waals surface area (Å²) >= 11 is 0. The third kappa shape index (κ3) is 5.16. The first-order valence-corrected chi connectivity index (χ1v) is 10.8. The maximum absolute atomic E-state index is 12.9. The number of fused-ring (bicyclic) bond motifs is 1. The molecule has 2 aromatic heterocycles. The van der Waals surface area contributed by atoms with E-state index in [2.05, 4.69) is 10.3 Å². The van der Waals surface area contributed by atoms with Gasteiger partial charge in [0.15, 0.2) is 5.65 Å². The number of benzene rings is 2. The smallest absolute Gasteiger partial charge is 0.338 e. The number of hydrogen-bond acceptors (Lipinski definition) is 8. The van der Waals surface area contributed by atoms with Crippen molar-refractivity contribution in [3.05, 3.63) is 87.5 Å². The normalized spacial score (nSPS) is 10.7. The Bertz CT molecular complexity index is 1460. The minimum atomic E-state index is -0.664. The Hall–Kier alpha value is -4.60. The van der Waals surface area contributed by atoms with Gasteiger partial charge in [-0.3, -0.25) is 9.59 Å².